The second-order valence-electron chi connectivity index (χ2n) is 4.27. The average molecular weight is 289 g/mol. The van der Waals surface area contributed by atoms with Gasteiger partial charge in [0.05, 0.1) is 30.4 Å². The summed E-state index contributed by atoms with van der Waals surface area (Å²) in [7, 11) is 1.74. The van der Waals surface area contributed by atoms with Gasteiger partial charge in [-0.15, -0.1) is 0 Å². The molecule has 8 nitrogen and oxygen atoms in total. The lowest BCUT2D eigenvalue weighted by Gasteiger charge is -2.03. The van der Waals surface area contributed by atoms with Crippen molar-refractivity contribution in [2.75, 3.05) is 17.7 Å². The molecule has 0 atom stereocenters. The van der Waals surface area contributed by atoms with Crippen LogP contribution in [-0.4, -0.2) is 38.8 Å². The van der Waals surface area contributed by atoms with E-state index in [1.165, 1.54) is 17.1 Å². The summed E-state index contributed by atoms with van der Waals surface area (Å²) in [5.74, 6) is -0.525. The molecule has 2 aromatic rings. The summed E-state index contributed by atoms with van der Waals surface area (Å²) >= 11 is 0. The molecular formula is C13H15N5O3. The van der Waals surface area contributed by atoms with Crippen LogP contribution in [0.1, 0.15) is 16.8 Å². The number of carboxylic acid groups (broad SMARTS) is 1. The molecule has 8 heteroatoms. The zero-order valence-electron chi connectivity index (χ0n) is 11.4. The minimum absolute atomic E-state index is 0.0233. The van der Waals surface area contributed by atoms with Crippen molar-refractivity contribution in [2.45, 2.75) is 13.0 Å². The predicted molar refractivity (Wildman–Crippen MR) is 76.2 cm³/mol. The Morgan fingerprint density at radius 1 is 1.33 bits per heavy atom. The molecule has 0 aliphatic rings. The van der Waals surface area contributed by atoms with E-state index in [0.717, 1.165) is 0 Å². The Bertz CT molecular complexity index is 636. The van der Waals surface area contributed by atoms with E-state index in [1.807, 2.05) is 0 Å². The molecule has 3 N–H and O–H groups in total. The number of aromatic nitrogens is 3. The van der Waals surface area contributed by atoms with Crippen molar-refractivity contribution < 1.29 is 14.7 Å². The maximum absolute atomic E-state index is 12.0. The number of rotatable bonds is 6. The minimum Gasteiger partial charge on any atom is -0.481 e. The Balaban J connectivity index is 1.97. The van der Waals surface area contributed by atoms with Gasteiger partial charge in [0.1, 0.15) is 5.82 Å². The fourth-order valence-electron chi connectivity index (χ4n) is 1.64. The first kappa shape index (κ1) is 14.5. The lowest BCUT2D eigenvalue weighted by molar-refractivity contribution is -0.137. The fraction of sp³-hybridized carbons (Fsp3) is 0.231. The molecule has 0 spiro atoms. The maximum Gasteiger partial charge on any atom is 0.305 e. The van der Waals surface area contributed by atoms with Gasteiger partial charge in [-0.05, 0) is 12.1 Å². The van der Waals surface area contributed by atoms with Crippen LogP contribution in [0.3, 0.4) is 0 Å². The van der Waals surface area contributed by atoms with Crippen molar-refractivity contribution in [2.24, 2.45) is 0 Å². The van der Waals surface area contributed by atoms with E-state index < -0.39 is 5.97 Å². The van der Waals surface area contributed by atoms with Gasteiger partial charge in [0, 0.05) is 19.4 Å². The molecule has 2 aromatic heterocycles. The number of carbonyl (C=O) groups is 2. The molecule has 0 fully saturated rings. The van der Waals surface area contributed by atoms with Crippen LogP contribution in [0.2, 0.25) is 0 Å². The Kier molecular flexibility index (Phi) is 4.50. The highest BCUT2D eigenvalue weighted by atomic mass is 16.4. The second kappa shape index (κ2) is 6.51. The highest BCUT2D eigenvalue weighted by molar-refractivity contribution is 6.04. The molecule has 0 saturated heterocycles. The number of carboxylic acids is 1. The number of amides is 1. The van der Waals surface area contributed by atoms with Crippen molar-refractivity contribution in [1.29, 1.82) is 0 Å². The summed E-state index contributed by atoms with van der Waals surface area (Å²) in [6.45, 7) is 0.254. The molecule has 110 valence electrons. The van der Waals surface area contributed by atoms with Gasteiger partial charge in [0.25, 0.3) is 5.91 Å². The summed E-state index contributed by atoms with van der Waals surface area (Å²) in [4.78, 5) is 26.5. The summed E-state index contributed by atoms with van der Waals surface area (Å²) in [5.41, 5.74) is 0.926. The van der Waals surface area contributed by atoms with Gasteiger partial charge in [-0.25, -0.2) is 4.98 Å². The second-order valence-corrected chi connectivity index (χ2v) is 4.27. The molecule has 0 aromatic carbocycles. The van der Waals surface area contributed by atoms with Gasteiger partial charge >= 0.3 is 5.97 Å². The standard InChI is InChI=1S/C13H15N5O3/c1-14-11-3-2-9(6-15-11)13(21)17-10-7-16-18(8-10)5-4-12(19)20/h2-3,6-8H,4-5H2,1H3,(H,14,15)(H,17,21)(H,19,20). The molecular weight excluding hydrogens is 274 g/mol. The number of aliphatic carboxylic acids is 1. The number of carbonyl (C=O) groups excluding carboxylic acids is 1. The summed E-state index contributed by atoms with van der Waals surface area (Å²) in [6, 6.07) is 3.36. The minimum atomic E-state index is -0.896. The van der Waals surface area contributed by atoms with Gasteiger partial charge in [0.15, 0.2) is 0 Å². The van der Waals surface area contributed by atoms with Crippen LogP contribution >= 0.6 is 0 Å². The Morgan fingerprint density at radius 3 is 2.76 bits per heavy atom. The monoisotopic (exact) mass is 289 g/mol. The SMILES string of the molecule is CNc1ccc(C(=O)Nc2cnn(CCC(=O)O)c2)cn1. The number of hydrogen-bond acceptors (Lipinski definition) is 5. The number of hydrogen-bond donors (Lipinski definition) is 3. The highest BCUT2D eigenvalue weighted by Gasteiger charge is 2.08. The van der Waals surface area contributed by atoms with Gasteiger partial charge in [-0.3, -0.25) is 14.3 Å². The van der Waals surface area contributed by atoms with Crippen molar-refractivity contribution in [1.82, 2.24) is 14.8 Å². The molecule has 0 aliphatic carbocycles. The Morgan fingerprint density at radius 2 is 2.14 bits per heavy atom. The van der Waals surface area contributed by atoms with Crippen LogP contribution in [0.15, 0.2) is 30.7 Å². The first-order valence-electron chi connectivity index (χ1n) is 6.28. The normalized spacial score (nSPS) is 10.1. The number of aryl methyl sites for hydroxylation is 1. The van der Waals surface area contributed by atoms with Crippen molar-refractivity contribution >= 4 is 23.4 Å². The van der Waals surface area contributed by atoms with Crippen molar-refractivity contribution in [3.63, 3.8) is 0 Å². The van der Waals surface area contributed by atoms with Gasteiger partial charge in [0.2, 0.25) is 0 Å². The number of pyridine rings is 1. The van der Waals surface area contributed by atoms with E-state index in [4.69, 9.17) is 5.11 Å². The van der Waals surface area contributed by atoms with Gasteiger partial charge in [-0.1, -0.05) is 0 Å². The molecule has 1 amide bonds. The smallest absolute Gasteiger partial charge is 0.305 e. The zero-order chi connectivity index (χ0) is 15.2. The molecule has 2 rings (SSSR count). The van der Waals surface area contributed by atoms with E-state index in [2.05, 4.69) is 20.7 Å². The van der Waals surface area contributed by atoms with E-state index in [9.17, 15) is 9.59 Å². The largest absolute Gasteiger partial charge is 0.481 e. The number of anilines is 2. The quantitative estimate of drug-likeness (QED) is 0.733. The van der Waals surface area contributed by atoms with E-state index >= 15 is 0 Å². The first-order chi connectivity index (χ1) is 10.1. The van der Waals surface area contributed by atoms with Crippen LogP contribution in [0, 0.1) is 0 Å². The molecule has 0 bridgehead atoms. The third kappa shape index (κ3) is 4.03. The summed E-state index contributed by atoms with van der Waals surface area (Å²) in [5, 5.41) is 18.1. The third-order valence-corrected chi connectivity index (χ3v) is 2.73. The van der Waals surface area contributed by atoms with Crippen LogP contribution in [0.25, 0.3) is 0 Å². The van der Waals surface area contributed by atoms with Crippen LogP contribution < -0.4 is 10.6 Å². The lowest BCUT2D eigenvalue weighted by atomic mass is 10.2. The topological polar surface area (TPSA) is 109 Å². The Hall–Kier alpha value is -2.90. The fourth-order valence-corrected chi connectivity index (χ4v) is 1.64. The average Bonchev–Trinajstić information content (AvgIpc) is 2.92. The van der Waals surface area contributed by atoms with Gasteiger partial charge in [-0.2, -0.15) is 5.10 Å². The van der Waals surface area contributed by atoms with Crippen LogP contribution in [0.5, 0.6) is 0 Å². The lowest BCUT2D eigenvalue weighted by Crippen LogP contribution is -2.12. The first-order valence-corrected chi connectivity index (χ1v) is 6.28. The van der Waals surface area contributed by atoms with Crippen LogP contribution in [0.4, 0.5) is 11.5 Å². The van der Waals surface area contributed by atoms with E-state index in [1.54, 1.807) is 25.4 Å². The predicted octanol–water partition coefficient (Wildman–Crippen LogP) is 1.05. The molecule has 2 heterocycles. The number of nitrogens with one attached hydrogen (secondary N) is 2. The molecule has 0 unspecified atom stereocenters. The summed E-state index contributed by atoms with van der Waals surface area (Å²) < 4.78 is 1.46. The van der Waals surface area contributed by atoms with Crippen molar-refractivity contribution in [3.05, 3.63) is 36.3 Å². The van der Waals surface area contributed by atoms with Crippen LogP contribution in [-0.2, 0) is 11.3 Å². The highest BCUT2D eigenvalue weighted by Crippen LogP contribution is 2.10. The van der Waals surface area contributed by atoms with E-state index in [0.29, 0.717) is 17.1 Å². The molecule has 0 radical (unpaired) electrons. The molecule has 0 saturated carbocycles. The Labute approximate surface area is 120 Å². The number of nitrogens with zero attached hydrogens (tertiary/aromatic N) is 3. The maximum atomic E-state index is 12.0. The third-order valence-electron chi connectivity index (χ3n) is 2.73. The van der Waals surface area contributed by atoms with Crippen molar-refractivity contribution in [3.8, 4) is 0 Å². The van der Waals surface area contributed by atoms with Gasteiger partial charge < -0.3 is 15.7 Å². The van der Waals surface area contributed by atoms with E-state index in [-0.39, 0.29) is 18.9 Å². The molecule has 0 aliphatic heterocycles. The molecule has 21 heavy (non-hydrogen) atoms. The zero-order valence-corrected chi connectivity index (χ0v) is 11.4. The summed E-state index contributed by atoms with van der Waals surface area (Å²) in [6.07, 6.45) is 4.49.